The van der Waals surface area contributed by atoms with E-state index in [0.29, 0.717) is 0 Å². The topological polar surface area (TPSA) is 132 Å². The molecule has 1 unspecified atom stereocenters. The molecule has 0 saturated carbocycles. The number of carbonyl (C=O) groups is 3. The SMILES string of the molecule is O=C(O)CCC(=O)NC(C(=O)O)c1cnc[nH]1. The molecule has 0 saturated heterocycles. The molecular weight excluding hydrogens is 230 g/mol. The molecule has 1 aromatic heterocycles. The standard InChI is InChI=1S/C9H11N3O5/c13-6(1-2-7(14)15)12-8(9(16)17)5-3-10-4-11-5/h3-4,8H,1-2H2,(H,10,11)(H,12,13)(H,14,15)(H,16,17). The van der Waals surface area contributed by atoms with E-state index in [1.807, 2.05) is 0 Å². The fourth-order valence-electron chi connectivity index (χ4n) is 1.15. The number of nitrogens with zero attached hydrogens (tertiary/aromatic N) is 1. The zero-order valence-electron chi connectivity index (χ0n) is 8.71. The van der Waals surface area contributed by atoms with Crippen LogP contribution in [0.15, 0.2) is 12.5 Å². The van der Waals surface area contributed by atoms with Gasteiger partial charge in [0.05, 0.1) is 24.6 Å². The van der Waals surface area contributed by atoms with Crippen molar-refractivity contribution >= 4 is 17.8 Å². The van der Waals surface area contributed by atoms with Crippen LogP contribution < -0.4 is 5.32 Å². The fraction of sp³-hybridized carbons (Fsp3) is 0.333. The molecule has 1 heterocycles. The number of imidazole rings is 1. The minimum atomic E-state index is -1.25. The Kier molecular flexibility index (Phi) is 4.21. The highest BCUT2D eigenvalue weighted by molar-refractivity contribution is 5.85. The van der Waals surface area contributed by atoms with E-state index in [0.717, 1.165) is 0 Å². The highest BCUT2D eigenvalue weighted by Crippen LogP contribution is 2.09. The van der Waals surface area contributed by atoms with E-state index in [-0.39, 0.29) is 18.5 Å². The maximum Gasteiger partial charge on any atom is 0.332 e. The molecule has 0 radical (unpaired) electrons. The van der Waals surface area contributed by atoms with Gasteiger partial charge in [-0.25, -0.2) is 9.78 Å². The Morgan fingerprint density at radius 3 is 2.53 bits per heavy atom. The lowest BCUT2D eigenvalue weighted by Gasteiger charge is -2.12. The Balaban J connectivity index is 2.59. The minimum Gasteiger partial charge on any atom is -0.481 e. The number of carboxylic acid groups (broad SMARTS) is 2. The van der Waals surface area contributed by atoms with E-state index in [1.165, 1.54) is 12.5 Å². The van der Waals surface area contributed by atoms with Crippen LogP contribution in [0.1, 0.15) is 24.6 Å². The molecule has 0 fully saturated rings. The van der Waals surface area contributed by atoms with Gasteiger partial charge in [-0.05, 0) is 0 Å². The highest BCUT2D eigenvalue weighted by atomic mass is 16.4. The molecular formula is C9H11N3O5. The van der Waals surface area contributed by atoms with E-state index in [2.05, 4.69) is 15.3 Å². The van der Waals surface area contributed by atoms with Gasteiger partial charge in [-0.1, -0.05) is 0 Å². The second kappa shape index (κ2) is 5.64. The average Bonchev–Trinajstić information content (AvgIpc) is 2.75. The summed E-state index contributed by atoms with van der Waals surface area (Å²) in [5, 5.41) is 19.5. The highest BCUT2D eigenvalue weighted by Gasteiger charge is 2.23. The van der Waals surface area contributed by atoms with Gasteiger partial charge in [-0.2, -0.15) is 0 Å². The molecule has 0 spiro atoms. The van der Waals surface area contributed by atoms with Crippen molar-refractivity contribution in [2.45, 2.75) is 18.9 Å². The van der Waals surface area contributed by atoms with Crippen LogP contribution in [-0.2, 0) is 14.4 Å². The molecule has 0 aromatic carbocycles. The molecule has 17 heavy (non-hydrogen) atoms. The first kappa shape index (κ1) is 12.7. The van der Waals surface area contributed by atoms with E-state index >= 15 is 0 Å². The van der Waals surface area contributed by atoms with Crippen molar-refractivity contribution in [2.75, 3.05) is 0 Å². The quantitative estimate of drug-likeness (QED) is 0.531. The summed E-state index contributed by atoms with van der Waals surface area (Å²) >= 11 is 0. The minimum absolute atomic E-state index is 0.223. The van der Waals surface area contributed by atoms with Crippen molar-refractivity contribution in [3.05, 3.63) is 18.2 Å². The first-order chi connectivity index (χ1) is 8.00. The van der Waals surface area contributed by atoms with Crippen molar-refractivity contribution in [1.29, 1.82) is 0 Å². The number of amides is 1. The number of rotatable bonds is 6. The Bertz CT molecular complexity index is 414. The number of aliphatic carboxylic acids is 2. The second-order valence-corrected chi connectivity index (χ2v) is 3.24. The van der Waals surface area contributed by atoms with Crippen molar-refractivity contribution in [1.82, 2.24) is 15.3 Å². The van der Waals surface area contributed by atoms with Gasteiger partial charge in [-0.15, -0.1) is 0 Å². The molecule has 0 bridgehead atoms. The van der Waals surface area contributed by atoms with Gasteiger partial charge in [0, 0.05) is 6.42 Å². The van der Waals surface area contributed by atoms with E-state index in [4.69, 9.17) is 10.2 Å². The Hall–Kier alpha value is -2.38. The van der Waals surface area contributed by atoms with Crippen LogP contribution in [0.4, 0.5) is 0 Å². The lowest BCUT2D eigenvalue weighted by Crippen LogP contribution is -2.34. The fourth-order valence-corrected chi connectivity index (χ4v) is 1.15. The van der Waals surface area contributed by atoms with Gasteiger partial charge in [0.25, 0.3) is 0 Å². The summed E-state index contributed by atoms with van der Waals surface area (Å²) in [6.45, 7) is 0. The first-order valence-electron chi connectivity index (χ1n) is 4.73. The van der Waals surface area contributed by atoms with Gasteiger partial charge < -0.3 is 20.5 Å². The summed E-state index contributed by atoms with van der Waals surface area (Å²) in [5.41, 5.74) is 0.223. The van der Waals surface area contributed by atoms with Crippen LogP contribution >= 0.6 is 0 Å². The van der Waals surface area contributed by atoms with Crippen molar-refractivity contribution in [3.8, 4) is 0 Å². The summed E-state index contributed by atoms with van der Waals surface area (Å²) in [5.74, 6) is -3.01. The molecule has 8 nitrogen and oxygen atoms in total. The number of carbonyl (C=O) groups excluding carboxylic acids is 1. The van der Waals surface area contributed by atoms with Crippen molar-refractivity contribution in [3.63, 3.8) is 0 Å². The van der Waals surface area contributed by atoms with Crippen LogP contribution in [0.3, 0.4) is 0 Å². The van der Waals surface area contributed by atoms with Gasteiger partial charge in [0.15, 0.2) is 6.04 Å². The first-order valence-corrected chi connectivity index (χ1v) is 4.73. The molecule has 0 aliphatic rings. The largest absolute Gasteiger partial charge is 0.481 e. The van der Waals surface area contributed by atoms with Gasteiger partial charge in [0.2, 0.25) is 5.91 Å². The molecule has 1 atom stereocenters. The van der Waals surface area contributed by atoms with Crippen LogP contribution in [-0.4, -0.2) is 38.0 Å². The van der Waals surface area contributed by atoms with Crippen molar-refractivity contribution in [2.24, 2.45) is 0 Å². The van der Waals surface area contributed by atoms with Crippen LogP contribution in [0, 0.1) is 0 Å². The maximum atomic E-state index is 11.3. The smallest absolute Gasteiger partial charge is 0.332 e. The second-order valence-electron chi connectivity index (χ2n) is 3.24. The van der Waals surface area contributed by atoms with Crippen LogP contribution in [0.25, 0.3) is 0 Å². The predicted octanol–water partition coefficient (Wildman–Crippen LogP) is -0.484. The molecule has 1 rings (SSSR count). The number of carboxylic acids is 2. The van der Waals surface area contributed by atoms with Crippen LogP contribution in [0.5, 0.6) is 0 Å². The summed E-state index contributed by atoms with van der Waals surface area (Å²) < 4.78 is 0. The summed E-state index contributed by atoms with van der Waals surface area (Å²) in [6, 6.07) is -1.25. The Labute approximate surface area is 95.7 Å². The molecule has 1 aromatic rings. The van der Waals surface area contributed by atoms with E-state index < -0.39 is 23.9 Å². The third-order valence-electron chi connectivity index (χ3n) is 1.95. The monoisotopic (exact) mass is 241 g/mol. The number of aromatic amines is 1. The van der Waals surface area contributed by atoms with Gasteiger partial charge in [-0.3, -0.25) is 9.59 Å². The third-order valence-corrected chi connectivity index (χ3v) is 1.95. The number of hydrogen-bond donors (Lipinski definition) is 4. The number of aromatic nitrogens is 2. The molecule has 1 amide bonds. The van der Waals surface area contributed by atoms with E-state index in [9.17, 15) is 14.4 Å². The van der Waals surface area contributed by atoms with Gasteiger partial charge in [0.1, 0.15) is 0 Å². The summed E-state index contributed by atoms with van der Waals surface area (Å²) in [4.78, 5) is 38.6. The number of H-pyrrole nitrogens is 1. The normalized spacial score (nSPS) is 11.8. The Morgan fingerprint density at radius 2 is 2.06 bits per heavy atom. The van der Waals surface area contributed by atoms with Crippen molar-refractivity contribution < 1.29 is 24.6 Å². The lowest BCUT2D eigenvalue weighted by atomic mass is 10.2. The molecule has 0 aliphatic heterocycles. The average molecular weight is 241 g/mol. The lowest BCUT2D eigenvalue weighted by molar-refractivity contribution is -0.142. The summed E-state index contributed by atoms with van der Waals surface area (Å²) in [7, 11) is 0. The van der Waals surface area contributed by atoms with E-state index in [1.54, 1.807) is 0 Å². The predicted molar refractivity (Wildman–Crippen MR) is 54.0 cm³/mol. The molecule has 8 heteroatoms. The van der Waals surface area contributed by atoms with Gasteiger partial charge >= 0.3 is 11.9 Å². The maximum absolute atomic E-state index is 11.3. The molecule has 0 aliphatic carbocycles. The molecule has 92 valence electrons. The third kappa shape index (κ3) is 3.93. The summed E-state index contributed by atoms with van der Waals surface area (Å²) in [6.07, 6.45) is 1.94. The zero-order chi connectivity index (χ0) is 12.8. The Morgan fingerprint density at radius 1 is 1.35 bits per heavy atom. The molecule has 4 N–H and O–H groups in total. The number of nitrogens with one attached hydrogen (secondary N) is 2. The zero-order valence-corrected chi connectivity index (χ0v) is 8.71. The van der Waals surface area contributed by atoms with Crippen LogP contribution in [0.2, 0.25) is 0 Å². The number of hydrogen-bond acceptors (Lipinski definition) is 4.